The minimum absolute atomic E-state index is 0.00296. The Bertz CT molecular complexity index is 638. The van der Waals surface area contributed by atoms with E-state index in [9.17, 15) is 14.4 Å². The Hall–Kier alpha value is -1.89. The van der Waals surface area contributed by atoms with Gasteiger partial charge in [-0.05, 0) is 33.3 Å². The molecule has 1 aliphatic heterocycles. The van der Waals surface area contributed by atoms with E-state index in [1.165, 1.54) is 11.3 Å². The number of esters is 1. The number of carbonyl (C=O) groups is 3. The van der Waals surface area contributed by atoms with Crippen molar-refractivity contribution in [2.45, 2.75) is 34.1 Å². The zero-order valence-electron chi connectivity index (χ0n) is 13.9. The first-order valence-electron chi connectivity index (χ1n) is 7.74. The molecule has 1 unspecified atom stereocenters. The van der Waals surface area contributed by atoms with Gasteiger partial charge in [-0.15, -0.1) is 11.3 Å². The average molecular weight is 338 g/mol. The highest BCUT2D eigenvalue weighted by atomic mass is 32.1. The van der Waals surface area contributed by atoms with E-state index in [2.05, 4.69) is 5.32 Å². The lowest BCUT2D eigenvalue weighted by molar-refractivity contribution is -0.128. The van der Waals surface area contributed by atoms with Crippen LogP contribution in [0.5, 0.6) is 0 Å². The first-order valence-corrected chi connectivity index (χ1v) is 8.56. The lowest BCUT2D eigenvalue weighted by Crippen LogP contribution is -2.28. The molecule has 1 saturated heterocycles. The van der Waals surface area contributed by atoms with E-state index in [1.807, 2.05) is 20.8 Å². The molecule has 0 spiro atoms. The number of nitrogens with zero attached hydrogens (tertiary/aromatic N) is 1. The van der Waals surface area contributed by atoms with Crippen LogP contribution in [0, 0.1) is 19.8 Å². The lowest BCUT2D eigenvalue weighted by atomic mass is 10.1. The predicted octanol–water partition coefficient (Wildman–Crippen LogP) is 2.35. The van der Waals surface area contributed by atoms with E-state index in [0.717, 1.165) is 10.4 Å². The van der Waals surface area contributed by atoms with Crippen molar-refractivity contribution in [3.05, 3.63) is 16.0 Å². The van der Waals surface area contributed by atoms with Crippen LogP contribution < -0.4 is 5.32 Å². The third-order valence-corrected chi connectivity index (χ3v) is 5.19. The molecule has 0 saturated carbocycles. The van der Waals surface area contributed by atoms with Gasteiger partial charge < -0.3 is 15.0 Å². The minimum atomic E-state index is -0.428. The SMILES string of the molecule is CCOC(=O)c1c(NC(=O)C2CC(=O)N(CC)C2)sc(C)c1C. The largest absolute Gasteiger partial charge is 0.462 e. The molecule has 1 aromatic heterocycles. The van der Waals surface area contributed by atoms with E-state index in [4.69, 9.17) is 4.74 Å². The Morgan fingerprint density at radius 1 is 1.35 bits per heavy atom. The molecule has 1 aliphatic rings. The second-order valence-electron chi connectivity index (χ2n) is 5.53. The lowest BCUT2D eigenvalue weighted by Gasteiger charge is -2.13. The Morgan fingerprint density at radius 3 is 2.61 bits per heavy atom. The molecule has 0 aliphatic carbocycles. The number of hydrogen-bond donors (Lipinski definition) is 1. The number of carbonyl (C=O) groups excluding carboxylic acids is 3. The summed E-state index contributed by atoms with van der Waals surface area (Å²) in [7, 11) is 0. The van der Waals surface area contributed by atoms with Crippen LogP contribution in [0.2, 0.25) is 0 Å². The van der Waals surface area contributed by atoms with Gasteiger partial charge in [0.15, 0.2) is 0 Å². The van der Waals surface area contributed by atoms with Crippen LogP contribution in [0.4, 0.5) is 5.00 Å². The minimum Gasteiger partial charge on any atom is -0.462 e. The van der Waals surface area contributed by atoms with Crippen LogP contribution >= 0.6 is 11.3 Å². The summed E-state index contributed by atoms with van der Waals surface area (Å²) in [4.78, 5) is 39.0. The maximum absolute atomic E-state index is 12.4. The average Bonchev–Trinajstić information content (AvgIpc) is 3.00. The predicted molar refractivity (Wildman–Crippen MR) is 88.7 cm³/mol. The summed E-state index contributed by atoms with van der Waals surface area (Å²) in [6.07, 6.45) is 0.220. The van der Waals surface area contributed by atoms with E-state index >= 15 is 0 Å². The maximum atomic E-state index is 12.4. The van der Waals surface area contributed by atoms with Crippen molar-refractivity contribution in [1.82, 2.24) is 4.90 Å². The second kappa shape index (κ2) is 7.12. The van der Waals surface area contributed by atoms with Crippen molar-refractivity contribution in [3.63, 3.8) is 0 Å². The van der Waals surface area contributed by atoms with Crippen molar-refractivity contribution >= 4 is 34.1 Å². The summed E-state index contributed by atoms with van der Waals surface area (Å²) in [6, 6.07) is 0. The molecule has 1 aromatic rings. The van der Waals surface area contributed by atoms with Crippen LogP contribution in [-0.4, -0.2) is 42.4 Å². The number of rotatable bonds is 5. The van der Waals surface area contributed by atoms with E-state index in [-0.39, 0.29) is 30.8 Å². The van der Waals surface area contributed by atoms with Gasteiger partial charge in [-0.3, -0.25) is 9.59 Å². The number of hydrogen-bond acceptors (Lipinski definition) is 5. The molecule has 2 heterocycles. The van der Waals surface area contributed by atoms with Gasteiger partial charge in [-0.25, -0.2) is 4.79 Å². The fraction of sp³-hybridized carbons (Fsp3) is 0.562. The molecular formula is C16H22N2O4S. The van der Waals surface area contributed by atoms with Gasteiger partial charge in [0.1, 0.15) is 5.00 Å². The van der Waals surface area contributed by atoms with Crippen LogP contribution in [0.25, 0.3) is 0 Å². The third kappa shape index (κ3) is 3.55. The van der Waals surface area contributed by atoms with E-state index in [0.29, 0.717) is 23.7 Å². The van der Waals surface area contributed by atoms with Crippen molar-refractivity contribution in [1.29, 1.82) is 0 Å². The second-order valence-corrected chi connectivity index (χ2v) is 6.76. The highest BCUT2D eigenvalue weighted by molar-refractivity contribution is 7.16. The molecule has 7 heteroatoms. The summed E-state index contributed by atoms with van der Waals surface area (Å²) < 4.78 is 5.08. The molecule has 2 amide bonds. The van der Waals surface area contributed by atoms with Crippen LogP contribution in [0.1, 0.15) is 41.1 Å². The molecule has 0 radical (unpaired) electrons. The number of thiophene rings is 1. The molecule has 126 valence electrons. The number of nitrogens with one attached hydrogen (secondary N) is 1. The summed E-state index contributed by atoms with van der Waals surface area (Å²) in [6.45, 7) is 8.69. The summed E-state index contributed by atoms with van der Waals surface area (Å²) in [5, 5.41) is 3.32. The molecule has 1 atom stereocenters. The van der Waals surface area contributed by atoms with Gasteiger partial charge in [-0.1, -0.05) is 0 Å². The number of anilines is 1. The molecule has 23 heavy (non-hydrogen) atoms. The standard InChI is InChI=1S/C16H22N2O4S/c1-5-18-8-11(7-12(18)19)14(20)17-15-13(16(21)22-6-2)9(3)10(4)23-15/h11H,5-8H2,1-4H3,(H,17,20). The van der Waals surface area contributed by atoms with Crippen molar-refractivity contribution in [3.8, 4) is 0 Å². The topological polar surface area (TPSA) is 75.7 Å². The number of amides is 2. The maximum Gasteiger partial charge on any atom is 0.341 e. The number of likely N-dealkylation sites (tertiary alicyclic amines) is 1. The Morgan fingerprint density at radius 2 is 2.04 bits per heavy atom. The normalized spacial score (nSPS) is 17.5. The highest BCUT2D eigenvalue weighted by Crippen LogP contribution is 2.33. The molecule has 6 nitrogen and oxygen atoms in total. The van der Waals surface area contributed by atoms with Gasteiger partial charge in [0, 0.05) is 24.4 Å². The first-order chi connectivity index (χ1) is 10.9. The van der Waals surface area contributed by atoms with Gasteiger partial charge in [0.2, 0.25) is 11.8 Å². The number of aryl methyl sites for hydroxylation is 1. The zero-order chi connectivity index (χ0) is 17.1. The van der Waals surface area contributed by atoms with Crippen LogP contribution in [-0.2, 0) is 14.3 Å². The number of ether oxygens (including phenoxy) is 1. The summed E-state index contributed by atoms with van der Waals surface area (Å²) >= 11 is 1.36. The monoisotopic (exact) mass is 338 g/mol. The zero-order valence-corrected chi connectivity index (χ0v) is 14.7. The van der Waals surface area contributed by atoms with Crippen LogP contribution in [0.3, 0.4) is 0 Å². The third-order valence-electron chi connectivity index (χ3n) is 4.07. The molecule has 1 N–H and O–H groups in total. The van der Waals surface area contributed by atoms with Crippen molar-refractivity contribution < 1.29 is 19.1 Å². The molecule has 0 aromatic carbocycles. The van der Waals surface area contributed by atoms with Crippen molar-refractivity contribution in [2.75, 3.05) is 25.0 Å². The Labute approximate surface area is 139 Å². The summed E-state index contributed by atoms with van der Waals surface area (Å²) in [5.74, 6) is -1.03. The highest BCUT2D eigenvalue weighted by Gasteiger charge is 2.34. The quantitative estimate of drug-likeness (QED) is 0.836. The first kappa shape index (κ1) is 17.5. The fourth-order valence-electron chi connectivity index (χ4n) is 2.63. The molecular weight excluding hydrogens is 316 g/mol. The van der Waals surface area contributed by atoms with E-state index in [1.54, 1.807) is 11.8 Å². The Kier molecular flexibility index (Phi) is 5.41. The van der Waals surface area contributed by atoms with Crippen LogP contribution in [0.15, 0.2) is 0 Å². The van der Waals surface area contributed by atoms with Crippen molar-refractivity contribution in [2.24, 2.45) is 5.92 Å². The molecule has 0 bridgehead atoms. The summed E-state index contributed by atoms with van der Waals surface area (Å²) in [5.41, 5.74) is 1.24. The van der Waals surface area contributed by atoms with Gasteiger partial charge in [-0.2, -0.15) is 0 Å². The smallest absolute Gasteiger partial charge is 0.341 e. The van der Waals surface area contributed by atoms with Gasteiger partial charge in [0.25, 0.3) is 0 Å². The van der Waals surface area contributed by atoms with E-state index < -0.39 is 5.97 Å². The molecule has 1 fully saturated rings. The van der Waals surface area contributed by atoms with Gasteiger partial charge >= 0.3 is 5.97 Å². The van der Waals surface area contributed by atoms with Gasteiger partial charge in [0.05, 0.1) is 18.1 Å². The Balaban J connectivity index is 2.17. The fourth-order valence-corrected chi connectivity index (χ4v) is 3.68. The molecule has 2 rings (SSSR count).